The zero-order valence-electron chi connectivity index (χ0n) is 17.7. The SMILES string of the molecule is CC(C)C[C@@H](C)[C@H]1CC[C@H]2C3=CC=C4CC(O)CC[C@]4(C)[C@H]3CC[C@]12C. The summed E-state index contributed by atoms with van der Waals surface area (Å²) < 4.78 is 0. The molecule has 4 rings (SSSR count). The predicted octanol–water partition coefficient (Wildman–Crippen LogP) is 6.53. The molecule has 1 unspecified atom stereocenters. The summed E-state index contributed by atoms with van der Waals surface area (Å²) in [5.41, 5.74) is 4.18. The van der Waals surface area contributed by atoms with Crippen LogP contribution in [0.5, 0.6) is 0 Å². The lowest BCUT2D eigenvalue weighted by atomic mass is 9.50. The van der Waals surface area contributed by atoms with Crippen molar-refractivity contribution in [3.63, 3.8) is 0 Å². The Balaban J connectivity index is 1.62. The molecule has 0 heterocycles. The van der Waals surface area contributed by atoms with Crippen LogP contribution in [0, 0.1) is 40.4 Å². The van der Waals surface area contributed by atoms with Crippen LogP contribution in [0.2, 0.25) is 0 Å². The predicted molar refractivity (Wildman–Crippen MR) is 110 cm³/mol. The molecular formula is C25H40O. The topological polar surface area (TPSA) is 20.2 Å². The van der Waals surface area contributed by atoms with Crippen molar-refractivity contribution in [2.45, 2.75) is 92.1 Å². The first-order chi connectivity index (χ1) is 12.3. The van der Waals surface area contributed by atoms with Gasteiger partial charge in [0.05, 0.1) is 6.10 Å². The maximum Gasteiger partial charge on any atom is 0.0578 e. The highest BCUT2D eigenvalue weighted by Crippen LogP contribution is 2.66. The Kier molecular flexibility index (Phi) is 4.70. The average molecular weight is 357 g/mol. The lowest BCUT2D eigenvalue weighted by molar-refractivity contribution is 0.0311. The van der Waals surface area contributed by atoms with Crippen molar-refractivity contribution in [1.29, 1.82) is 0 Å². The van der Waals surface area contributed by atoms with Crippen LogP contribution in [0.4, 0.5) is 0 Å². The van der Waals surface area contributed by atoms with Crippen LogP contribution in [0.3, 0.4) is 0 Å². The summed E-state index contributed by atoms with van der Waals surface area (Å²) in [6.07, 6.45) is 14.9. The van der Waals surface area contributed by atoms with Crippen molar-refractivity contribution in [1.82, 2.24) is 0 Å². The summed E-state index contributed by atoms with van der Waals surface area (Å²) in [6.45, 7) is 12.4. The van der Waals surface area contributed by atoms with Crippen LogP contribution in [0.1, 0.15) is 86.0 Å². The molecule has 0 amide bonds. The van der Waals surface area contributed by atoms with Gasteiger partial charge in [0.1, 0.15) is 0 Å². The molecule has 3 saturated carbocycles. The van der Waals surface area contributed by atoms with Crippen LogP contribution in [-0.4, -0.2) is 11.2 Å². The molecule has 3 fully saturated rings. The van der Waals surface area contributed by atoms with Gasteiger partial charge in [-0.1, -0.05) is 57.9 Å². The van der Waals surface area contributed by atoms with E-state index in [0.29, 0.717) is 10.8 Å². The van der Waals surface area contributed by atoms with Gasteiger partial charge in [-0.25, -0.2) is 0 Å². The summed E-state index contributed by atoms with van der Waals surface area (Å²) in [7, 11) is 0. The molecule has 0 aromatic carbocycles. The van der Waals surface area contributed by atoms with Crippen LogP contribution in [0.15, 0.2) is 23.3 Å². The number of fused-ring (bicyclic) bond motifs is 5. The van der Waals surface area contributed by atoms with E-state index in [-0.39, 0.29) is 6.10 Å². The summed E-state index contributed by atoms with van der Waals surface area (Å²) in [4.78, 5) is 0. The lowest BCUT2D eigenvalue weighted by Gasteiger charge is -2.55. The molecule has 0 aliphatic heterocycles. The van der Waals surface area contributed by atoms with Crippen molar-refractivity contribution < 1.29 is 5.11 Å². The highest BCUT2D eigenvalue weighted by atomic mass is 16.3. The number of hydrogen-bond acceptors (Lipinski definition) is 1. The van der Waals surface area contributed by atoms with E-state index < -0.39 is 0 Å². The van der Waals surface area contributed by atoms with Gasteiger partial charge in [0, 0.05) is 0 Å². The monoisotopic (exact) mass is 356 g/mol. The largest absolute Gasteiger partial charge is 0.393 e. The first kappa shape index (κ1) is 18.8. The first-order valence-electron chi connectivity index (χ1n) is 11.3. The third-order valence-corrected chi connectivity index (χ3v) is 9.15. The van der Waals surface area contributed by atoms with Crippen molar-refractivity contribution in [2.75, 3.05) is 0 Å². The summed E-state index contributed by atoms with van der Waals surface area (Å²) >= 11 is 0. The Morgan fingerprint density at radius 1 is 1.00 bits per heavy atom. The fraction of sp³-hybridized carbons (Fsp3) is 0.840. The Morgan fingerprint density at radius 2 is 1.77 bits per heavy atom. The summed E-state index contributed by atoms with van der Waals surface area (Å²) in [5.74, 6) is 4.13. The molecular weight excluding hydrogens is 316 g/mol. The molecule has 0 aromatic heterocycles. The standard InChI is InChI=1S/C25H40O/c1-16(2)14-17(3)21-8-9-22-20-7-6-18-15-19(26)10-12-24(18,4)23(20)11-13-25(21,22)5/h6-7,16-17,19,21-23,26H,8-15H2,1-5H3/t17-,19?,21-,22+,23+,24+,25-/m1/s1. The molecule has 1 nitrogen and oxygen atoms in total. The van der Waals surface area contributed by atoms with E-state index in [1.54, 1.807) is 5.57 Å². The lowest BCUT2D eigenvalue weighted by Crippen LogP contribution is -2.46. The third-order valence-electron chi connectivity index (χ3n) is 9.15. The van der Waals surface area contributed by atoms with Crippen LogP contribution >= 0.6 is 0 Å². The minimum Gasteiger partial charge on any atom is -0.393 e. The average Bonchev–Trinajstić information content (AvgIpc) is 2.92. The van der Waals surface area contributed by atoms with Crippen molar-refractivity contribution >= 4 is 0 Å². The zero-order valence-corrected chi connectivity index (χ0v) is 17.7. The van der Waals surface area contributed by atoms with E-state index in [1.165, 1.54) is 44.1 Å². The van der Waals surface area contributed by atoms with Crippen molar-refractivity contribution in [2.24, 2.45) is 40.4 Å². The van der Waals surface area contributed by atoms with Gasteiger partial charge >= 0.3 is 0 Å². The van der Waals surface area contributed by atoms with E-state index in [1.807, 2.05) is 0 Å². The van der Waals surface area contributed by atoms with E-state index in [0.717, 1.165) is 42.4 Å². The number of allylic oxidation sites excluding steroid dienone is 3. The van der Waals surface area contributed by atoms with Crippen LogP contribution < -0.4 is 0 Å². The zero-order chi connectivity index (χ0) is 18.7. The Morgan fingerprint density at radius 3 is 2.50 bits per heavy atom. The fourth-order valence-electron chi connectivity index (χ4n) is 7.87. The van der Waals surface area contributed by atoms with Crippen molar-refractivity contribution in [3.05, 3.63) is 23.3 Å². The van der Waals surface area contributed by atoms with Crippen LogP contribution in [0.25, 0.3) is 0 Å². The Hall–Kier alpha value is -0.560. The number of rotatable bonds is 3. The molecule has 0 aromatic rings. The van der Waals surface area contributed by atoms with E-state index in [2.05, 4.69) is 46.8 Å². The second kappa shape index (κ2) is 6.50. The molecule has 4 aliphatic carbocycles. The van der Waals surface area contributed by atoms with Gasteiger partial charge in [-0.2, -0.15) is 0 Å². The molecule has 0 bridgehead atoms. The quantitative estimate of drug-likeness (QED) is 0.609. The Labute approximate surface area is 161 Å². The van der Waals surface area contributed by atoms with Gasteiger partial charge in [-0.15, -0.1) is 0 Å². The van der Waals surface area contributed by atoms with Gasteiger partial charge in [-0.3, -0.25) is 0 Å². The smallest absolute Gasteiger partial charge is 0.0578 e. The fourth-order valence-corrected chi connectivity index (χ4v) is 7.87. The van der Waals surface area contributed by atoms with Gasteiger partial charge in [0.25, 0.3) is 0 Å². The maximum absolute atomic E-state index is 10.2. The van der Waals surface area contributed by atoms with E-state index >= 15 is 0 Å². The molecule has 0 radical (unpaired) electrons. The molecule has 1 N–H and O–H groups in total. The van der Waals surface area contributed by atoms with Crippen LogP contribution in [-0.2, 0) is 0 Å². The molecule has 26 heavy (non-hydrogen) atoms. The van der Waals surface area contributed by atoms with Crippen molar-refractivity contribution in [3.8, 4) is 0 Å². The number of aliphatic hydroxyl groups is 1. The first-order valence-corrected chi connectivity index (χ1v) is 11.3. The highest BCUT2D eigenvalue weighted by Gasteiger charge is 2.56. The summed E-state index contributed by atoms with van der Waals surface area (Å²) in [5, 5.41) is 10.2. The normalized spacial score (nSPS) is 46.1. The van der Waals surface area contributed by atoms with E-state index in [4.69, 9.17) is 0 Å². The third kappa shape index (κ3) is 2.76. The second-order valence-electron chi connectivity index (χ2n) is 11.1. The molecule has 7 atom stereocenters. The number of hydrogen-bond donors (Lipinski definition) is 1. The molecule has 4 aliphatic rings. The van der Waals surface area contributed by atoms with Gasteiger partial charge < -0.3 is 5.11 Å². The van der Waals surface area contributed by atoms with Gasteiger partial charge in [0.2, 0.25) is 0 Å². The second-order valence-corrected chi connectivity index (χ2v) is 11.1. The number of aliphatic hydroxyl groups excluding tert-OH is 1. The minimum atomic E-state index is -0.106. The minimum absolute atomic E-state index is 0.106. The van der Waals surface area contributed by atoms with Gasteiger partial charge in [0.15, 0.2) is 0 Å². The molecule has 146 valence electrons. The maximum atomic E-state index is 10.2. The molecule has 0 saturated heterocycles. The molecule has 1 heteroatoms. The molecule has 0 spiro atoms. The van der Waals surface area contributed by atoms with E-state index in [9.17, 15) is 5.11 Å². The Bertz CT molecular complexity index is 614. The highest BCUT2D eigenvalue weighted by molar-refractivity contribution is 5.38. The summed E-state index contributed by atoms with van der Waals surface area (Å²) in [6, 6.07) is 0. The van der Waals surface area contributed by atoms with Gasteiger partial charge in [-0.05, 0) is 91.8 Å².